The van der Waals surface area contributed by atoms with Crippen LogP contribution >= 0.6 is 0 Å². The van der Waals surface area contributed by atoms with Crippen molar-refractivity contribution in [3.05, 3.63) is 29.8 Å². The van der Waals surface area contributed by atoms with Gasteiger partial charge in [-0.05, 0) is 30.0 Å². The summed E-state index contributed by atoms with van der Waals surface area (Å²) in [5, 5.41) is 6.24. The van der Waals surface area contributed by atoms with Crippen molar-refractivity contribution in [2.75, 3.05) is 31.5 Å². The minimum Gasteiger partial charge on any atom is -0.326 e. The summed E-state index contributed by atoms with van der Waals surface area (Å²) < 4.78 is 0. The Morgan fingerprint density at radius 1 is 1.24 bits per heavy atom. The van der Waals surface area contributed by atoms with Gasteiger partial charge in [0.15, 0.2) is 0 Å². The summed E-state index contributed by atoms with van der Waals surface area (Å²) in [5.74, 6) is 0.642. The van der Waals surface area contributed by atoms with Crippen LogP contribution in [0.1, 0.15) is 38.8 Å². The van der Waals surface area contributed by atoms with E-state index in [0.29, 0.717) is 12.0 Å². The number of amides is 1. The second kappa shape index (κ2) is 7.57. The standard InChI is InChI=1S/C17H27N3O/c1-13(2)12-17(20-10-8-18-9-11-20)15-4-6-16(7-5-15)19-14(3)21/h4-7,13,17-18H,8-12H2,1-3H3,(H,19,21)/t17-/m1/s1. The van der Waals surface area contributed by atoms with Crippen molar-refractivity contribution in [3.8, 4) is 0 Å². The van der Waals surface area contributed by atoms with Crippen molar-refractivity contribution >= 4 is 11.6 Å². The highest BCUT2D eigenvalue weighted by molar-refractivity contribution is 5.88. The minimum absolute atomic E-state index is 0.0245. The predicted octanol–water partition coefficient (Wildman–Crippen LogP) is 2.64. The first-order valence-electron chi connectivity index (χ1n) is 7.88. The van der Waals surface area contributed by atoms with E-state index in [4.69, 9.17) is 0 Å². The molecule has 116 valence electrons. The third kappa shape index (κ3) is 4.83. The van der Waals surface area contributed by atoms with E-state index in [0.717, 1.165) is 31.9 Å². The van der Waals surface area contributed by atoms with Gasteiger partial charge in [-0.25, -0.2) is 0 Å². The first-order valence-corrected chi connectivity index (χ1v) is 7.88. The van der Waals surface area contributed by atoms with Gasteiger partial charge < -0.3 is 10.6 Å². The molecule has 0 bridgehead atoms. The molecule has 0 aliphatic carbocycles. The van der Waals surface area contributed by atoms with Crippen LogP contribution in [-0.4, -0.2) is 37.0 Å². The Labute approximate surface area is 127 Å². The number of carbonyl (C=O) groups excluding carboxylic acids is 1. The summed E-state index contributed by atoms with van der Waals surface area (Å²) in [5.41, 5.74) is 2.22. The molecule has 1 aromatic rings. The number of anilines is 1. The third-order valence-corrected chi connectivity index (χ3v) is 3.90. The molecule has 0 aromatic heterocycles. The molecule has 0 spiro atoms. The van der Waals surface area contributed by atoms with Crippen LogP contribution in [0.3, 0.4) is 0 Å². The number of piperazine rings is 1. The second-order valence-electron chi connectivity index (χ2n) is 6.23. The number of benzene rings is 1. The zero-order valence-electron chi connectivity index (χ0n) is 13.4. The maximum atomic E-state index is 11.1. The zero-order chi connectivity index (χ0) is 15.2. The van der Waals surface area contributed by atoms with E-state index in [-0.39, 0.29) is 5.91 Å². The maximum Gasteiger partial charge on any atom is 0.221 e. The van der Waals surface area contributed by atoms with Gasteiger partial charge in [0.1, 0.15) is 0 Å². The van der Waals surface area contributed by atoms with E-state index in [9.17, 15) is 4.79 Å². The first-order chi connectivity index (χ1) is 10.1. The van der Waals surface area contributed by atoms with Gasteiger partial charge in [-0.15, -0.1) is 0 Å². The molecule has 1 aliphatic rings. The molecule has 0 radical (unpaired) electrons. The summed E-state index contributed by atoms with van der Waals surface area (Å²) in [6.45, 7) is 10.4. The Morgan fingerprint density at radius 2 is 1.86 bits per heavy atom. The van der Waals surface area contributed by atoms with Gasteiger partial charge >= 0.3 is 0 Å². The van der Waals surface area contributed by atoms with Crippen molar-refractivity contribution < 1.29 is 4.79 Å². The summed E-state index contributed by atoms with van der Waals surface area (Å²) in [7, 11) is 0. The smallest absolute Gasteiger partial charge is 0.221 e. The van der Waals surface area contributed by atoms with Gasteiger partial charge in [-0.2, -0.15) is 0 Å². The van der Waals surface area contributed by atoms with E-state index in [1.807, 2.05) is 12.1 Å². The lowest BCUT2D eigenvalue weighted by Gasteiger charge is -2.36. The molecule has 1 fully saturated rings. The first kappa shape index (κ1) is 16.0. The fourth-order valence-corrected chi connectivity index (χ4v) is 2.93. The fourth-order valence-electron chi connectivity index (χ4n) is 2.93. The molecule has 0 unspecified atom stereocenters. The predicted molar refractivity (Wildman–Crippen MR) is 87.4 cm³/mol. The molecule has 1 atom stereocenters. The maximum absolute atomic E-state index is 11.1. The van der Waals surface area contributed by atoms with Gasteiger partial charge in [0, 0.05) is 44.8 Å². The fraction of sp³-hybridized carbons (Fsp3) is 0.588. The van der Waals surface area contributed by atoms with Crippen LogP contribution in [-0.2, 0) is 4.79 Å². The molecule has 1 aromatic carbocycles. The van der Waals surface area contributed by atoms with E-state index >= 15 is 0 Å². The summed E-state index contributed by atoms with van der Waals surface area (Å²) in [6, 6.07) is 8.79. The van der Waals surface area contributed by atoms with Crippen molar-refractivity contribution in [2.45, 2.75) is 33.2 Å². The van der Waals surface area contributed by atoms with E-state index in [2.05, 4.69) is 41.5 Å². The normalized spacial score (nSPS) is 17.7. The molecule has 1 heterocycles. The van der Waals surface area contributed by atoms with Gasteiger partial charge in [0.05, 0.1) is 0 Å². The van der Waals surface area contributed by atoms with Crippen LogP contribution in [0.2, 0.25) is 0 Å². The van der Waals surface area contributed by atoms with Crippen molar-refractivity contribution in [1.82, 2.24) is 10.2 Å². The van der Waals surface area contributed by atoms with Gasteiger partial charge in [-0.1, -0.05) is 26.0 Å². The number of hydrogen-bond donors (Lipinski definition) is 2. The lowest BCUT2D eigenvalue weighted by molar-refractivity contribution is -0.114. The number of nitrogens with one attached hydrogen (secondary N) is 2. The van der Waals surface area contributed by atoms with Crippen molar-refractivity contribution in [1.29, 1.82) is 0 Å². The zero-order valence-corrected chi connectivity index (χ0v) is 13.4. The number of nitrogens with zero attached hydrogens (tertiary/aromatic N) is 1. The number of rotatable bonds is 5. The summed E-state index contributed by atoms with van der Waals surface area (Å²) in [6.07, 6.45) is 1.17. The van der Waals surface area contributed by atoms with Crippen molar-refractivity contribution in [2.24, 2.45) is 5.92 Å². The van der Waals surface area contributed by atoms with Crippen LogP contribution in [0.25, 0.3) is 0 Å². The topological polar surface area (TPSA) is 44.4 Å². The van der Waals surface area contributed by atoms with Crippen LogP contribution in [0.15, 0.2) is 24.3 Å². The lowest BCUT2D eigenvalue weighted by Crippen LogP contribution is -2.45. The van der Waals surface area contributed by atoms with Crippen LogP contribution in [0.4, 0.5) is 5.69 Å². The molecule has 1 amide bonds. The van der Waals surface area contributed by atoms with Crippen LogP contribution in [0, 0.1) is 5.92 Å². The van der Waals surface area contributed by atoms with Crippen LogP contribution < -0.4 is 10.6 Å². The highest BCUT2D eigenvalue weighted by Gasteiger charge is 2.22. The molecule has 2 rings (SSSR count). The Hall–Kier alpha value is -1.39. The number of hydrogen-bond acceptors (Lipinski definition) is 3. The largest absolute Gasteiger partial charge is 0.326 e. The van der Waals surface area contributed by atoms with Gasteiger partial charge in [0.25, 0.3) is 0 Å². The molecule has 2 N–H and O–H groups in total. The lowest BCUT2D eigenvalue weighted by atomic mass is 9.95. The van der Waals surface area contributed by atoms with Gasteiger partial charge in [-0.3, -0.25) is 9.69 Å². The van der Waals surface area contributed by atoms with Gasteiger partial charge in [0.2, 0.25) is 5.91 Å². The summed E-state index contributed by atoms with van der Waals surface area (Å²) >= 11 is 0. The molecule has 1 saturated heterocycles. The Bertz CT molecular complexity index is 450. The third-order valence-electron chi connectivity index (χ3n) is 3.90. The highest BCUT2D eigenvalue weighted by Crippen LogP contribution is 2.29. The second-order valence-corrected chi connectivity index (χ2v) is 6.23. The highest BCUT2D eigenvalue weighted by atomic mass is 16.1. The Kier molecular flexibility index (Phi) is 5.76. The van der Waals surface area contributed by atoms with E-state index in [1.165, 1.54) is 18.9 Å². The molecular weight excluding hydrogens is 262 g/mol. The van der Waals surface area contributed by atoms with Crippen LogP contribution in [0.5, 0.6) is 0 Å². The van der Waals surface area contributed by atoms with E-state index in [1.54, 1.807) is 0 Å². The Morgan fingerprint density at radius 3 is 2.38 bits per heavy atom. The summed E-state index contributed by atoms with van der Waals surface area (Å²) in [4.78, 5) is 13.7. The molecule has 21 heavy (non-hydrogen) atoms. The van der Waals surface area contributed by atoms with E-state index < -0.39 is 0 Å². The molecule has 4 nitrogen and oxygen atoms in total. The Balaban J connectivity index is 2.13. The molecule has 4 heteroatoms. The molecular formula is C17H27N3O. The molecule has 0 saturated carbocycles. The average molecular weight is 289 g/mol. The van der Waals surface area contributed by atoms with Crippen molar-refractivity contribution in [3.63, 3.8) is 0 Å². The number of carbonyl (C=O) groups is 1. The monoisotopic (exact) mass is 289 g/mol. The average Bonchev–Trinajstić information content (AvgIpc) is 2.46. The minimum atomic E-state index is -0.0245. The SMILES string of the molecule is CC(=O)Nc1ccc([C@@H](CC(C)C)N2CCNCC2)cc1. The quantitative estimate of drug-likeness (QED) is 0.876. The molecule has 1 aliphatic heterocycles.